The van der Waals surface area contributed by atoms with Gasteiger partial charge >= 0.3 is 0 Å². The Labute approximate surface area is 129 Å². The molecule has 2 aromatic heterocycles. The van der Waals surface area contributed by atoms with E-state index < -0.39 is 10.8 Å². The highest BCUT2D eigenvalue weighted by atomic mass is 32.2. The van der Waals surface area contributed by atoms with Crippen LogP contribution in [0.2, 0.25) is 0 Å². The van der Waals surface area contributed by atoms with Crippen LogP contribution in [-0.2, 0) is 27.8 Å². The lowest BCUT2D eigenvalue weighted by atomic mass is 10.3. The minimum atomic E-state index is -1.28. The van der Waals surface area contributed by atoms with E-state index in [1.807, 2.05) is 5.38 Å². The molecule has 6 nitrogen and oxygen atoms in total. The molecule has 0 bridgehead atoms. The van der Waals surface area contributed by atoms with Gasteiger partial charge in [-0.05, 0) is 19.8 Å². The molecule has 0 aromatic carbocycles. The molecule has 2 aromatic rings. The van der Waals surface area contributed by atoms with E-state index in [2.05, 4.69) is 22.4 Å². The fourth-order valence-corrected chi connectivity index (χ4v) is 3.66. The molecule has 2 heterocycles. The number of anilines is 1. The number of aryl methyl sites for hydroxylation is 2. The maximum Gasteiger partial charge on any atom is 0.238 e. The van der Waals surface area contributed by atoms with E-state index >= 15 is 0 Å². The summed E-state index contributed by atoms with van der Waals surface area (Å²) in [5.74, 6) is 0.828. The van der Waals surface area contributed by atoms with Crippen molar-refractivity contribution in [1.82, 2.24) is 10.1 Å². The number of nitrogens with zero attached hydrogens (tertiary/aromatic N) is 2. The zero-order valence-corrected chi connectivity index (χ0v) is 13.6. The molecule has 0 aliphatic heterocycles. The normalized spacial score (nSPS) is 12.3. The Morgan fingerprint density at radius 1 is 1.52 bits per heavy atom. The number of hydrogen-bond acceptors (Lipinski definition) is 6. The van der Waals surface area contributed by atoms with E-state index in [9.17, 15) is 9.00 Å². The lowest BCUT2D eigenvalue weighted by Crippen LogP contribution is -2.20. The van der Waals surface area contributed by atoms with Crippen LogP contribution in [0.25, 0.3) is 0 Å². The van der Waals surface area contributed by atoms with Gasteiger partial charge in [0.15, 0.2) is 5.82 Å². The highest BCUT2D eigenvalue weighted by Crippen LogP contribution is 2.13. The number of amides is 1. The topological polar surface area (TPSA) is 85.1 Å². The number of nitrogens with one attached hydrogen (secondary N) is 1. The van der Waals surface area contributed by atoms with E-state index in [1.54, 1.807) is 24.3 Å². The van der Waals surface area contributed by atoms with E-state index in [0.29, 0.717) is 17.3 Å². The van der Waals surface area contributed by atoms with Crippen molar-refractivity contribution in [3.63, 3.8) is 0 Å². The fourth-order valence-electron chi connectivity index (χ4n) is 1.71. The molecule has 0 radical (unpaired) electrons. The summed E-state index contributed by atoms with van der Waals surface area (Å²) in [5.41, 5.74) is 0.784. The van der Waals surface area contributed by atoms with Crippen molar-refractivity contribution in [2.75, 3.05) is 11.1 Å². The van der Waals surface area contributed by atoms with Gasteiger partial charge < -0.3 is 9.84 Å². The molecular formula is C13H17N3O3S2. The first kappa shape index (κ1) is 15.8. The molecule has 0 spiro atoms. The summed E-state index contributed by atoms with van der Waals surface area (Å²) >= 11 is 1.57. The van der Waals surface area contributed by atoms with Crippen molar-refractivity contribution in [2.24, 2.45) is 0 Å². The number of carbonyl (C=O) groups excluding carboxylic acids is 1. The third-order valence-electron chi connectivity index (χ3n) is 2.56. The SMILES string of the molecule is CCCc1nc(C[S@@](=O)CC(=O)Nc2cc(C)on2)cs1. The molecule has 1 atom stereocenters. The largest absolute Gasteiger partial charge is 0.360 e. The summed E-state index contributed by atoms with van der Waals surface area (Å²) in [6.07, 6.45) is 1.97. The first-order valence-electron chi connectivity index (χ1n) is 6.58. The van der Waals surface area contributed by atoms with Gasteiger partial charge in [-0.2, -0.15) is 0 Å². The minimum Gasteiger partial charge on any atom is -0.360 e. The fraction of sp³-hybridized carbons (Fsp3) is 0.462. The zero-order chi connectivity index (χ0) is 15.2. The Morgan fingerprint density at radius 3 is 3.00 bits per heavy atom. The number of hydrogen-bond donors (Lipinski definition) is 1. The molecule has 21 heavy (non-hydrogen) atoms. The van der Waals surface area contributed by atoms with Gasteiger partial charge in [0.1, 0.15) is 11.5 Å². The van der Waals surface area contributed by atoms with Crippen LogP contribution < -0.4 is 5.32 Å². The Kier molecular flexibility index (Phi) is 5.63. The van der Waals surface area contributed by atoms with E-state index in [-0.39, 0.29) is 11.7 Å². The van der Waals surface area contributed by atoms with Crippen LogP contribution in [0.1, 0.15) is 29.8 Å². The van der Waals surface area contributed by atoms with Crippen molar-refractivity contribution in [2.45, 2.75) is 32.4 Å². The second-order valence-electron chi connectivity index (χ2n) is 4.58. The predicted octanol–water partition coefficient (Wildman–Crippen LogP) is 2.28. The van der Waals surface area contributed by atoms with E-state index in [1.165, 1.54) is 0 Å². The Morgan fingerprint density at radius 2 is 2.33 bits per heavy atom. The first-order chi connectivity index (χ1) is 10.1. The Bertz CT molecular complexity index is 636. The van der Waals surface area contributed by atoms with Gasteiger partial charge in [-0.3, -0.25) is 9.00 Å². The number of aromatic nitrogens is 2. The van der Waals surface area contributed by atoms with Crippen LogP contribution in [0.4, 0.5) is 5.82 Å². The van der Waals surface area contributed by atoms with Crippen LogP contribution >= 0.6 is 11.3 Å². The molecule has 114 valence electrons. The molecule has 1 amide bonds. The Hall–Kier alpha value is -1.54. The molecule has 8 heteroatoms. The third kappa shape index (κ3) is 5.05. The average molecular weight is 327 g/mol. The van der Waals surface area contributed by atoms with E-state index in [0.717, 1.165) is 23.5 Å². The molecule has 2 rings (SSSR count). The monoisotopic (exact) mass is 327 g/mol. The van der Waals surface area contributed by atoms with Crippen molar-refractivity contribution in [3.8, 4) is 0 Å². The van der Waals surface area contributed by atoms with Crippen LogP contribution in [0.3, 0.4) is 0 Å². The van der Waals surface area contributed by atoms with Crippen molar-refractivity contribution in [1.29, 1.82) is 0 Å². The summed E-state index contributed by atoms with van der Waals surface area (Å²) in [6, 6.07) is 1.61. The summed E-state index contributed by atoms with van der Waals surface area (Å²) in [7, 11) is -1.28. The predicted molar refractivity (Wildman–Crippen MR) is 82.7 cm³/mol. The summed E-state index contributed by atoms with van der Waals surface area (Å²) in [4.78, 5) is 16.1. The quantitative estimate of drug-likeness (QED) is 0.843. The maximum atomic E-state index is 12.0. The van der Waals surface area contributed by atoms with Crippen LogP contribution in [0.5, 0.6) is 0 Å². The highest BCUT2D eigenvalue weighted by Gasteiger charge is 2.12. The second kappa shape index (κ2) is 7.46. The van der Waals surface area contributed by atoms with E-state index in [4.69, 9.17) is 4.52 Å². The average Bonchev–Trinajstić information content (AvgIpc) is 2.99. The number of thiazole rings is 1. The number of carbonyl (C=O) groups is 1. The molecule has 0 saturated carbocycles. The molecule has 1 N–H and O–H groups in total. The summed E-state index contributed by atoms with van der Waals surface area (Å²) in [6.45, 7) is 3.83. The Balaban J connectivity index is 1.81. The van der Waals surface area contributed by atoms with Gasteiger partial charge in [0.05, 0.1) is 16.5 Å². The van der Waals surface area contributed by atoms with Gasteiger partial charge in [0.2, 0.25) is 5.91 Å². The van der Waals surface area contributed by atoms with Gasteiger partial charge in [0.25, 0.3) is 0 Å². The van der Waals surface area contributed by atoms with Crippen LogP contribution in [-0.4, -0.2) is 26.0 Å². The molecule has 0 aliphatic carbocycles. The van der Waals surface area contributed by atoms with Gasteiger partial charge in [0, 0.05) is 22.2 Å². The molecular weight excluding hydrogens is 310 g/mol. The molecule has 0 fully saturated rings. The summed E-state index contributed by atoms with van der Waals surface area (Å²) in [5, 5.41) is 9.16. The number of rotatable bonds is 7. The third-order valence-corrected chi connectivity index (χ3v) is 4.72. The van der Waals surface area contributed by atoms with Gasteiger partial charge in [-0.15, -0.1) is 11.3 Å². The highest BCUT2D eigenvalue weighted by molar-refractivity contribution is 7.84. The van der Waals surface area contributed by atoms with Crippen LogP contribution in [0, 0.1) is 6.92 Å². The van der Waals surface area contributed by atoms with Gasteiger partial charge in [-0.1, -0.05) is 12.1 Å². The first-order valence-corrected chi connectivity index (χ1v) is 8.95. The van der Waals surface area contributed by atoms with Crippen molar-refractivity contribution in [3.05, 3.63) is 27.9 Å². The molecule has 0 unspecified atom stereocenters. The zero-order valence-electron chi connectivity index (χ0n) is 11.9. The van der Waals surface area contributed by atoms with Crippen molar-refractivity contribution < 1.29 is 13.5 Å². The second-order valence-corrected chi connectivity index (χ2v) is 6.98. The van der Waals surface area contributed by atoms with Crippen LogP contribution in [0.15, 0.2) is 16.0 Å². The maximum absolute atomic E-state index is 12.0. The smallest absolute Gasteiger partial charge is 0.238 e. The van der Waals surface area contributed by atoms with Gasteiger partial charge in [-0.25, -0.2) is 4.98 Å². The molecule has 0 aliphatic rings. The summed E-state index contributed by atoms with van der Waals surface area (Å²) < 4.78 is 16.8. The minimum absolute atomic E-state index is 0.0768. The molecule has 0 saturated heterocycles. The lowest BCUT2D eigenvalue weighted by molar-refractivity contribution is -0.113. The van der Waals surface area contributed by atoms with Crippen molar-refractivity contribution >= 4 is 33.9 Å². The lowest BCUT2D eigenvalue weighted by Gasteiger charge is -2.00. The standard InChI is InChI=1S/C13H17N3O3S2/c1-3-4-13-14-10(6-20-13)7-21(18)8-12(17)15-11-5-9(2)19-16-11/h5-6H,3-4,7-8H2,1-2H3,(H,15,16,17)/t21-/m1/s1.